The van der Waals surface area contributed by atoms with Crippen LogP contribution < -0.4 is 5.73 Å². The van der Waals surface area contributed by atoms with Crippen LogP contribution in [-0.4, -0.2) is 17.6 Å². The van der Waals surface area contributed by atoms with Crippen LogP contribution in [0.15, 0.2) is 0 Å². The molecule has 3 N–H and O–H groups in total. The zero-order valence-electron chi connectivity index (χ0n) is 7.55. The first-order valence-corrected chi connectivity index (χ1v) is 4.52. The van der Waals surface area contributed by atoms with Crippen molar-refractivity contribution in [3.8, 4) is 0 Å². The quantitative estimate of drug-likeness (QED) is 0.656. The maximum atomic E-state index is 10.8. The van der Waals surface area contributed by atoms with Gasteiger partial charge in [-0.2, -0.15) is 0 Å². The molecule has 1 saturated carbocycles. The number of carbonyl (C=O) groups is 1. The first-order valence-electron chi connectivity index (χ1n) is 4.52. The number of carboxylic acids is 1. The van der Waals surface area contributed by atoms with E-state index >= 15 is 0 Å². The number of rotatable bonds is 2. The molecular formula is C9H17NO2. The predicted molar refractivity (Wildman–Crippen MR) is 46.8 cm³/mol. The lowest BCUT2D eigenvalue weighted by atomic mass is 9.72. The lowest BCUT2D eigenvalue weighted by Crippen LogP contribution is -2.34. The van der Waals surface area contributed by atoms with E-state index in [1.54, 1.807) is 0 Å². The summed E-state index contributed by atoms with van der Waals surface area (Å²) in [4.78, 5) is 10.8. The van der Waals surface area contributed by atoms with Crippen molar-refractivity contribution in [1.82, 2.24) is 0 Å². The molecule has 0 bridgehead atoms. The molecule has 0 aromatic rings. The SMILES string of the molecule is CC1(C(=O)O)CCC(CN)CC1. The molecule has 1 rings (SSSR count). The minimum Gasteiger partial charge on any atom is -0.481 e. The average Bonchev–Trinajstić information content (AvgIpc) is 2.06. The second-order valence-electron chi connectivity index (χ2n) is 4.04. The Hall–Kier alpha value is -0.570. The molecule has 0 aromatic heterocycles. The van der Waals surface area contributed by atoms with Crippen molar-refractivity contribution in [1.29, 1.82) is 0 Å². The minimum atomic E-state index is -0.655. The van der Waals surface area contributed by atoms with Crippen LogP contribution >= 0.6 is 0 Å². The summed E-state index contributed by atoms with van der Waals surface area (Å²) in [6.07, 6.45) is 3.51. The number of nitrogens with two attached hydrogens (primary N) is 1. The summed E-state index contributed by atoms with van der Waals surface area (Å²) in [5, 5.41) is 8.93. The molecule has 1 aliphatic rings. The van der Waals surface area contributed by atoms with Crippen LogP contribution in [0.1, 0.15) is 32.6 Å². The van der Waals surface area contributed by atoms with Gasteiger partial charge in [-0.15, -0.1) is 0 Å². The average molecular weight is 171 g/mol. The Balaban J connectivity index is 2.49. The summed E-state index contributed by atoms with van der Waals surface area (Å²) in [7, 11) is 0. The van der Waals surface area contributed by atoms with Crippen molar-refractivity contribution in [3.05, 3.63) is 0 Å². The maximum Gasteiger partial charge on any atom is 0.309 e. The zero-order valence-corrected chi connectivity index (χ0v) is 7.55. The van der Waals surface area contributed by atoms with Gasteiger partial charge in [-0.05, 0) is 45.1 Å². The first-order chi connectivity index (χ1) is 5.58. The van der Waals surface area contributed by atoms with Gasteiger partial charge in [0, 0.05) is 0 Å². The second-order valence-corrected chi connectivity index (χ2v) is 4.04. The molecule has 3 nitrogen and oxygen atoms in total. The summed E-state index contributed by atoms with van der Waals surface area (Å²) in [5.41, 5.74) is 5.04. The molecule has 0 heterocycles. The number of carboxylic acid groups (broad SMARTS) is 1. The Morgan fingerprint density at radius 3 is 2.42 bits per heavy atom. The van der Waals surface area contributed by atoms with Gasteiger partial charge in [-0.1, -0.05) is 0 Å². The van der Waals surface area contributed by atoms with Crippen LogP contribution in [0.3, 0.4) is 0 Å². The van der Waals surface area contributed by atoms with Crippen LogP contribution in [-0.2, 0) is 4.79 Å². The third-order valence-corrected chi connectivity index (χ3v) is 3.06. The van der Waals surface area contributed by atoms with Gasteiger partial charge in [0.05, 0.1) is 5.41 Å². The summed E-state index contributed by atoms with van der Waals surface area (Å²) in [5.74, 6) is -0.101. The molecular weight excluding hydrogens is 154 g/mol. The molecule has 1 aliphatic carbocycles. The maximum absolute atomic E-state index is 10.8. The van der Waals surface area contributed by atoms with E-state index in [0.717, 1.165) is 25.7 Å². The standard InChI is InChI=1S/C9H17NO2/c1-9(8(11)12)4-2-7(6-10)3-5-9/h7H,2-6,10H2,1H3,(H,11,12). The molecule has 1 fully saturated rings. The van der Waals surface area contributed by atoms with Gasteiger partial charge in [0.15, 0.2) is 0 Å². The fourth-order valence-corrected chi connectivity index (χ4v) is 1.76. The van der Waals surface area contributed by atoms with E-state index < -0.39 is 11.4 Å². The largest absolute Gasteiger partial charge is 0.481 e. The van der Waals surface area contributed by atoms with Crippen molar-refractivity contribution in [2.75, 3.05) is 6.54 Å². The van der Waals surface area contributed by atoms with E-state index in [0.29, 0.717) is 12.5 Å². The highest BCUT2D eigenvalue weighted by Crippen LogP contribution is 2.38. The van der Waals surface area contributed by atoms with Crippen molar-refractivity contribution in [3.63, 3.8) is 0 Å². The molecule has 3 heteroatoms. The highest BCUT2D eigenvalue weighted by atomic mass is 16.4. The van der Waals surface area contributed by atoms with Crippen LogP contribution in [0.2, 0.25) is 0 Å². The van der Waals surface area contributed by atoms with E-state index in [9.17, 15) is 4.79 Å². The molecule has 0 aromatic carbocycles. The Morgan fingerprint density at radius 1 is 1.58 bits per heavy atom. The molecule has 12 heavy (non-hydrogen) atoms. The smallest absolute Gasteiger partial charge is 0.309 e. The third kappa shape index (κ3) is 1.78. The van der Waals surface area contributed by atoms with E-state index in [4.69, 9.17) is 10.8 Å². The molecule has 0 radical (unpaired) electrons. The van der Waals surface area contributed by atoms with Gasteiger partial charge in [0.25, 0.3) is 0 Å². The minimum absolute atomic E-state index is 0.480. The highest BCUT2D eigenvalue weighted by Gasteiger charge is 2.36. The summed E-state index contributed by atoms with van der Waals surface area (Å²) in [6.45, 7) is 2.54. The predicted octanol–water partition coefficient (Wildman–Crippen LogP) is 1.23. The molecule has 0 spiro atoms. The monoisotopic (exact) mass is 171 g/mol. The van der Waals surface area contributed by atoms with Gasteiger partial charge in [0.2, 0.25) is 0 Å². The fourth-order valence-electron chi connectivity index (χ4n) is 1.76. The van der Waals surface area contributed by atoms with Crippen molar-refractivity contribution >= 4 is 5.97 Å². The van der Waals surface area contributed by atoms with Crippen LogP contribution in [0.5, 0.6) is 0 Å². The summed E-state index contributed by atoms with van der Waals surface area (Å²) >= 11 is 0. The van der Waals surface area contributed by atoms with Crippen molar-refractivity contribution in [2.45, 2.75) is 32.6 Å². The summed E-state index contributed by atoms with van der Waals surface area (Å²) < 4.78 is 0. The molecule has 0 saturated heterocycles. The first kappa shape index (κ1) is 9.52. The number of aliphatic carboxylic acids is 1. The Labute approximate surface area is 72.9 Å². The second kappa shape index (κ2) is 3.44. The lowest BCUT2D eigenvalue weighted by Gasteiger charge is -2.33. The Kier molecular flexibility index (Phi) is 2.73. The van der Waals surface area contributed by atoms with Gasteiger partial charge in [0.1, 0.15) is 0 Å². The highest BCUT2D eigenvalue weighted by molar-refractivity contribution is 5.74. The molecule has 0 amide bonds. The normalized spacial score (nSPS) is 36.3. The molecule has 70 valence electrons. The Bertz CT molecular complexity index is 171. The molecule has 0 atom stereocenters. The van der Waals surface area contributed by atoms with Crippen LogP contribution in [0, 0.1) is 11.3 Å². The Morgan fingerprint density at radius 2 is 2.08 bits per heavy atom. The van der Waals surface area contributed by atoms with Crippen LogP contribution in [0.4, 0.5) is 0 Å². The summed E-state index contributed by atoms with van der Waals surface area (Å²) in [6, 6.07) is 0. The van der Waals surface area contributed by atoms with E-state index in [1.807, 2.05) is 6.92 Å². The van der Waals surface area contributed by atoms with Gasteiger partial charge in [-0.25, -0.2) is 0 Å². The van der Waals surface area contributed by atoms with E-state index in [2.05, 4.69) is 0 Å². The van der Waals surface area contributed by atoms with Gasteiger partial charge >= 0.3 is 5.97 Å². The van der Waals surface area contributed by atoms with Crippen LogP contribution in [0.25, 0.3) is 0 Å². The number of hydrogen-bond acceptors (Lipinski definition) is 2. The third-order valence-electron chi connectivity index (χ3n) is 3.06. The van der Waals surface area contributed by atoms with E-state index in [-0.39, 0.29) is 0 Å². The topological polar surface area (TPSA) is 63.3 Å². The van der Waals surface area contributed by atoms with Crippen molar-refractivity contribution in [2.24, 2.45) is 17.1 Å². The van der Waals surface area contributed by atoms with E-state index in [1.165, 1.54) is 0 Å². The van der Waals surface area contributed by atoms with Gasteiger partial charge in [-0.3, -0.25) is 4.79 Å². The molecule has 0 unspecified atom stereocenters. The number of hydrogen-bond donors (Lipinski definition) is 2. The van der Waals surface area contributed by atoms with Gasteiger partial charge < -0.3 is 10.8 Å². The fraction of sp³-hybridized carbons (Fsp3) is 0.889. The lowest BCUT2D eigenvalue weighted by molar-refractivity contribution is -0.150. The van der Waals surface area contributed by atoms with Crippen molar-refractivity contribution < 1.29 is 9.90 Å². The zero-order chi connectivity index (χ0) is 9.19. The molecule has 0 aliphatic heterocycles.